The lowest BCUT2D eigenvalue weighted by atomic mass is 10.0. The van der Waals surface area contributed by atoms with E-state index in [0.29, 0.717) is 0 Å². The first-order valence-electron chi connectivity index (χ1n) is 4.71. The Morgan fingerprint density at radius 2 is 0.900 bits per heavy atom. The van der Waals surface area contributed by atoms with Crippen molar-refractivity contribution in [3.8, 4) is 0 Å². The van der Waals surface area contributed by atoms with E-state index in [1.807, 2.05) is 0 Å². The average Bonchev–Trinajstić information content (AvgIpc) is 2.01. The minimum absolute atomic E-state index is 1.25. The van der Waals surface area contributed by atoms with E-state index in [-0.39, 0.29) is 0 Å². The molecule has 1 saturated carbocycles. The molecule has 1 aliphatic carbocycles. The maximum absolute atomic E-state index is 3.46. The van der Waals surface area contributed by atoms with E-state index in [9.17, 15) is 0 Å². The highest BCUT2D eigenvalue weighted by Crippen LogP contribution is 2.15. The van der Waals surface area contributed by atoms with Crippen molar-refractivity contribution in [2.24, 2.45) is 0 Å². The van der Waals surface area contributed by atoms with Crippen molar-refractivity contribution >= 4 is 0 Å². The molecule has 0 aromatic heterocycles. The lowest BCUT2D eigenvalue weighted by molar-refractivity contribution is 0.548. The van der Waals surface area contributed by atoms with Crippen LogP contribution in [0.5, 0.6) is 0 Å². The van der Waals surface area contributed by atoms with E-state index < -0.39 is 0 Å². The van der Waals surface area contributed by atoms with Crippen molar-refractivity contribution in [2.45, 2.75) is 57.8 Å². The van der Waals surface area contributed by atoms with Gasteiger partial charge in [0.1, 0.15) is 0 Å². The van der Waals surface area contributed by atoms with Gasteiger partial charge in [-0.3, -0.25) is 0 Å². The molecule has 1 rings (SSSR count). The topological polar surface area (TPSA) is 0 Å². The molecule has 0 aromatic carbocycles. The lowest BCUT2D eigenvalue weighted by Gasteiger charge is -2.05. The Bertz CT molecular complexity index is 33.2. The van der Waals surface area contributed by atoms with E-state index >= 15 is 0 Å². The van der Waals surface area contributed by atoms with Crippen molar-refractivity contribution in [2.75, 3.05) is 0 Å². The predicted octanol–water partition coefficient (Wildman–Crippen LogP) is 3.59. The molecule has 0 bridgehead atoms. The highest BCUT2D eigenvalue weighted by molar-refractivity contribution is 4.65. The third kappa shape index (κ3) is 3.92. The second-order valence-corrected chi connectivity index (χ2v) is 3.22. The Hall–Kier alpha value is 0. The Morgan fingerprint density at radius 1 is 0.500 bits per heavy atom. The molecule has 0 atom stereocenters. The van der Waals surface area contributed by atoms with Crippen LogP contribution in [0.2, 0.25) is 0 Å². The SMILES string of the molecule is [C]1CCCCCCCCC1. The molecule has 0 aromatic rings. The van der Waals surface area contributed by atoms with Crippen molar-refractivity contribution in [1.82, 2.24) is 0 Å². The van der Waals surface area contributed by atoms with Gasteiger partial charge in [-0.15, -0.1) is 0 Å². The highest BCUT2D eigenvalue weighted by Gasteiger charge is 1.96. The summed E-state index contributed by atoms with van der Waals surface area (Å²) in [4.78, 5) is 0. The largest absolute Gasteiger partial charge is 0.0533 e. The van der Waals surface area contributed by atoms with Crippen LogP contribution in [0.25, 0.3) is 0 Å². The molecule has 0 unspecified atom stereocenters. The second kappa shape index (κ2) is 5.76. The molecule has 58 valence electrons. The van der Waals surface area contributed by atoms with E-state index in [1.54, 1.807) is 0 Å². The summed E-state index contributed by atoms with van der Waals surface area (Å²) in [5.74, 6) is 0. The van der Waals surface area contributed by atoms with Crippen LogP contribution in [0, 0.1) is 6.42 Å². The molecule has 0 aliphatic heterocycles. The molecular weight excluding hydrogens is 120 g/mol. The minimum atomic E-state index is 1.25. The maximum atomic E-state index is 3.46. The Morgan fingerprint density at radius 3 is 1.40 bits per heavy atom. The Balaban J connectivity index is 2.00. The fraction of sp³-hybridized carbons (Fsp3) is 0.900. The summed E-state index contributed by atoms with van der Waals surface area (Å²) in [6.45, 7) is 0. The van der Waals surface area contributed by atoms with Crippen molar-refractivity contribution in [1.29, 1.82) is 0 Å². The van der Waals surface area contributed by atoms with Crippen LogP contribution in [0.1, 0.15) is 57.8 Å². The average molecular weight is 138 g/mol. The summed E-state index contributed by atoms with van der Waals surface area (Å²) in [6, 6.07) is 0. The van der Waals surface area contributed by atoms with E-state index in [4.69, 9.17) is 0 Å². The lowest BCUT2D eigenvalue weighted by Crippen LogP contribution is -1.86. The van der Waals surface area contributed by atoms with Gasteiger partial charge in [0.05, 0.1) is 0 Å². The van der Waals surface area contributed by atoms with Gasteiger partial charge in [-0.25, -0.2) is 0 Å². The van der Waals surface area contributed by atoms with Gasteiger partial charge < -0.3 is 0 Å². The molecule has 10 heavy (non-hydrogen) atoms. The first-order chi connectivity index (χ1) is 5.00. The van der Waals surface area contributed by atoms with Crippen LogP contribution in [-0.4, -0.2) is 0 Å². The summed E-state index contributed by atoms with van der Waals surface area (Å²) in [5.41, 5.74) is 0. The molecule has 0 spiro atoms. The fourth-order valence-corrected chi connectivity index (χ4v) is 1.51. The monoisotopic (exact) mass is 138 g/mol. The van der Waals surface area contributed by atoms with Crippen LogP contribution >= 0.6 is 0 Å². The predicted molar refractivity (Wildman–Crippen MR) is 44.8 cm³/mol. The summed E-state index contributed by atoms with van der Waals surface area (Å²) < 4.78 is 0. The molecule has 0 saturated heterocycles. The Kier molecular flexibility index (Phi) is 4.67. The van der Waals surface area contributed by atoms with Gasteiger partial charge in [0.2, 0.25) is 0 Å². The smallest absolute Gasteiger partial charge is 0.0173 e. The quantitative estimate of drug-likeness (QED) is 0.480. The van der Waals surface area contributed by atoms with Gasteiger partial charge in [0.25, 0.3) is 0 Å². The van der Waals surface area contributed by atoms with Crippen LogP contribution in [-0.2, 0) is 0 Å². The zero-order valence-electron chi connectivity index (χ0n) is 6.86. The van der Waals surface area contributed by atoms with Crippen molar-refractivity contribution in [3.05, 3.63) is 6.42 Å². The minimum Gasteiger partial charge on any atom is -0.0533 e. The Labute approximate surface area is 65.0 Å². The normalized spacial score (nSPS) is 24.0. The van der Waals surface area contributed by atoms with Gasteiger partial charge in [0.15, 0.2) is 0 Å². The van der Waals surface area contributed by atoms with Crippen LogP contribution in [0.4, 0.5) is 0 Å². The molecular formula is C10H18. The van der Waals surface area contributed by atoms with Crippen molar-refractivity contribution in [3.63, 3.8) is 0 Å². The molecule has 0 nitrogen and oxygen atoms in total. The third-order valence-electron chi connectivity index (χ3n) is 2.21. The van der Waals surface area contributed by atoms with Gasteiger partial charge in [-0.05, 0) is 19.3 Å². The highest BCUT2D eigenvalue weighted by atomic mass is 14.0. The fourth-order valence-electron chi connectivity index (χ4n) is 1.51. The summed E-state index contributed by atoms with van der Waals surface area (Å²) in [5, 5.41) is 0. The summed E-state index contributed by atoms with van der Waals surface area (Å²) >= 11 is 0. The summed E-state index contributed by atoms with van der Waals surface area (Å²) in [7, 11) is 0. The van der Waals surface area contributed by atoms with E-state index in [2.05, 4.69) is 6.42 Å². The first-order valence-corrected chi connectivity index (χ1v) is 4.71. The molecule has 0 N–H and O–H groups in total. The van der Waals surface area contributed by atoms with Crippen LogP contribution in [0.15, 0.2) is 0 Å². The number of rotatable bonds is 0. The van der Waals surface area contributed by atoms with Gasteiger partial charge in [-0.2, -0.15) is 0 Å². The number of hydrogen-bond donors (Lipinski definition) is 0. The number of hydrogen-bond acceptors (Lipinski definition) is 0. The maximum Gasteiger partial charge on any atom is -0.0173 e. The zero-order valence-corrected chi connectivity index (χ0v) is 6.86. The molecule has 1 aliphatic rings. The van der Waals surface area contributed by atoms with Crippen molar-refractivity contribution < 1.29 is 0 Å². The van der Waals surface area contributed by atoms with Crippen LogP contribution in [0.3, 0.4) is 0 Å². The third-order valence-corrected chi connectivity index (χ3v) is 2.21. The molecule has 0 amide bonds. The molecule has 2 radical (unpaired) electrons. The second-order valence-electron chi connectivity index (χ2n) is 3.22. The van der Waals surface area contributed by atoms with Gasteiger partial charge in [-0.1, -0.05) is 44.9 Å². The standard InChI is InChI=1S/C10H18/c1-2-4-6-8-10-9-7-5-3-1/h1-9H2. The van der Waals surface area contributed by atoms with Gasteiger partial charge >= 0.3 is 0 Å². The molecule has 0 heteroatoms. The molecule has 1 fully saturated rings. The van der Waals surface area contributed by atoms with E-state index in [0.717, 1.165) is 0 Å². The van der Waals surface area contributed by atoms with Crippen LogP contribution < -0.4 is 0 Å². The van der Waals surface area contributed by atoms with E-state index in [1.165, 1.54) is 57.8 Å². The first kappa shape index (κ1) is 8.10. The van der Waals surface area contributed by atoms with Gasteiger partial charge in [0, 0.05) is 0 Å². The zero-order chi connectivity index (χ0) is 7.07. The molecule has 0 heterocycles. The summed E-state index contributed by atoms with van der Waals surface area (Å²) in [6.07, 6.45) is 16.0.